The number of rotatable bonds is 6. The summed E-state index contributed by atoms with van der Waals surface area (Å²) >= 11 is 0. The van der Waals surface area contributed by atoms with E-state index in [0.29, 0.717) is 6.42 Å². The summed E-state index contributed by atoms with van der Waals surface area (Å²) in [6, 6.07) is 0. The Morgan fingerprint density at radius 2 is 1.91 bits per heavy atom. The fourth-order valence-electron chi connectivity index (χ4n) is 0.757. The molecule has 0 saturated heterocycles. The van der Waals surface area contributed by atoms with E-state index in [2.05, 4.69) is 0 Å². The van der Waals surface area contributed by atoms with Crippen molar-refractivity contribution in [2.24, 2.45) is 0 Å². The molecule has 3 nitrogen and oxygen atoms in total. The molecule has 0 atom stereocenters. The van der Waals surface area contributed by atoms with Crippen LogP contribution in [0.5, 0.6) is 0 Å². The van der Waals surface area contributed by atoms with Crippen LogP contribution in [0.1, 0.15) is 32.6 Å². The molecule has 0 rings (SSSR count). The Balaban J connectivity index is 3.39. The molecule has 0 radical (unpaired) electrons. The van der Waals surface area contributed by atoms with Gasteiger partial charge < -0.3 is 0 Å². The van der Waals surface area contributed by atoms with Gasteiger partial charge in [-0.2, -0.15) is 0 Å². The highest BCUT2D eigenvalue weighted by atomic mass is 32.2. The Bertz CT molecular complexity index is 179. The molecule has 1 N–H and O–H groups in total. The highest BCUT2D eigenvalue weighted by Gasteiger charge is 2.07. The first-order chi connectivity index (χ1) is 5.12. The Labute approximate surface area is 67.0 Å². The van der Waals surface area contributed by atoms with Crippen LogP contribution < -0.4 is 4.94 Å². The van der Waals surface area contributed by atoms with Gasteiger partial charge in [-0.25, -0.2) is 8.42 Å². The Morgan fingerprint density at radius 3 is 2.36 bits per heavy atom. The van der Waals surface area contributed by atoms with E-state index in [0.717, 1.165) is 24.2 Å². The van der Waals surface area contributed by atoms with E-state index >= 15 is 0 Å². The second-order valence-corrected chi connectivity index (χ2v) is 4.25. The molecule has 0 unspecified atom stereocenters. The molecule has 0 amide bonds. The molecule has 0 saturated carbocycles. The molecule has 0 aromatic rings. The molecular formula is C6H14FNO2S. The van der Waals surface area contributed by atoms with Crippen molar-refractivity contribution in [1.82, 2.24) is 4.94 Å². The fraction of sp³-hybridized carbons (Fsp3) is 1.00. The van der Waals surface area contributed by atoms with Crippen molar-refractivity contribution < 1.29 is 12.9 Å². The second kappa shape index (κ2) is 5.49. The maximum absolute atomic E-state index is 11.4. The summed E-state index contributed by atoms with van der Waals surface area (Å²) in [4.78, 5) is 0.790. The molecular weight excluding hydrogens is 169 g/mol. The molecule has 0 aliphatic heterocycles. The van der Waals surface area contributed by atoms with Crippen LogP contribution >= 0.6 is 0 Å². The van der Waals surface area contributed by atoms with Crippen molar-refractivity contribution in [2.45, 2.75) is 32.6 Å². The SMILES string of the molecule is CCCCCCS(=O)(=O)NF. The predicted octanol–water partition coefficient (Wildman–Crippen LogP) is 1.37. The number of halogens is 1. The lowest BCUT2D eigenvalue weighted by Gasteiger charge is -1.98. The summed E-state index contributed by atoms with van der Waals surface area (Å²) in [5, 5.41) is 0. The van der Waals surface area contributed by atoms with Crippen molar-refractivity contribution in [3.8, 4) is 0 Å². The lowest BCUT2D eigenvalue weighted by atomic mass is 10.2. The van der Waals surface area contributed by atoms with E-state index in [1.54, 1.807) is 0 Å². The zero-order valence-electron chi connectivity index (χ0n) is 6.64. The molecule has 0 bridgehead atoms. The van der Waals surface area contributed by atoms with Gasteiger partial charge in [0.15, 0.2) is 0 Å². The number of nitrogens with one attached hydrogen (secondary N) is 1. The molecule has 0 aliphatic rings. The number of hydrogen-bond donors (Lipinski definition) is 1. The minimum Gasteiger partial charge on any atom is -0.210 e. The molecule has 68 valence electrons. The average molecular weight is 183 g/mol. The molecule has 0 aliphatic carbocycles. The highest BCUT2D eigenvalue weighted by molar-refractivity contribution is 7.89. The Hall–Kier alpha value is -0.160. The van der Waals surface area contributed by atoms with Crippen LogP contribution in [-0.2, 0) is 10.0 Å². The van der Waals surface area contributed by atoms with Gasteiger partial charge in [0.25, 0.3) is 0 Å². The number of hydrogen-bond acceptors (Lipinski definition) is 2. The van der Waals surface area contributed by atoms with Gasteiger partial charge in [-0.05, 0) is 6.42 Å². The molecule has 5 heteroatoms. The summed E-state index contributed by atoms with van der Waals surface area (Å²) in [5.74, 6) is -0.108. The minimum atomic E-state index is -3.62. The molecule has 0 spiro atoms. The summed E-state index contributed by atoms with van der Waals surface area (Å²) in [7, 11) is -3.62. The van der Waals surface area contributed by atoms with E-state index in [1.807, 2.05) is 6.92 Å². The average Bonchev–Trinajstić information content (AvgIpc) is 1.99. The van der Waals surface area contributed by atoms with Crippen molar-refractivity contribution in [3.63, 3.8) is 0 Å². The van der Waals surface area contributed by atoms with Gasteiger partial charge in [0, 0.05) is 0 Å². The van der Waals surface area contributed by atoms with Gasteiger partial charge in [-0.3, -0.25) is 0 Å². The highest BCUT2D eigenvalue weighted by Crippen LogP contribution is 2.00. The van der Waals surface area contributed by atoms with E-state index in [9.17, 15) is 12.9 Å². The monoisotopic (exact) mass is 183 g/mol. The van der Waals surface area contributed by atoms with Gasteiger partial charge in [-0.1, -0.05) is 31.1 Å². The normalized spacial score (nSPS) is 11.8. The summed E-state index contributed by atoms with van der Waals surface area (Å²) in [5.41, 5.74) is 0. The smallest absolute Gasteiger partial charge is 0.210 e. The third-order valence-electron chi connectivity index (χ3n) is 1.38. The molecule has 11 heavy (non-hydrogen) atoms. The Kier molecular flexibility index (Phi) is 5.41. The maximum Gasteiger partial charge on any atom is 0.237 e. The van der Waals surface area contributed by atoms with Gasteiger partial charge in [-0.15, -0.1) is 4.48 Å². The number of unbranched alkanes of at least 4 members (excludes halogenated alkanes) is 3. The quantitative estimate of drug-likeness (QED) is 0.499. The summed E-state index contributed by atoms with van der Waals surface area (Å²) in [6.45, 7) is 2.03. The van der Waals surface area contributed by atoms with E-state index < -0.39 is 10.0 Å². The first kappa shape index (κ1) is 10.8. The van der Waals surface area contributed by atoms with Gasteiger partial charge >= 0.3 is 0 Å². The predicted molar refractivity (Wildman–Crippen MR) is 42.2 cm³/mol. The third kappa shape index (κ3) is 6.25. The standard InChI is InChI=1S/C6H14FNO2S/c1-2-3-4-5-6-11(9,10)8-7/h8H,2-6H2,1H3. The van der Waals surface area contributed by atoms with Crippen LogP contribution in [0.25, 0.3) is 0 Å². The summed E-state index contributed by atoms with van der Waals surface area (Å²) < 4.78 is 32.4. The fourth-order valence-corrected chi connectivity index (χ4v) is 1.42. The van der Waals surface area contributed by atoms with E-state index in [1.165, 1.54) is 0 Å². The Morgan fingerprint density at radius 1 is 1.27 bits per heavy atom. The van der Waals surface area contributed by atoms with E-state index in [4.69, 9.17) is 0 Å². The van der Waals surface area contributed by atoms with Crippen LogP contribution in [0.3, 0.4) is 0 Å². The topological polar surface area (TPSA) is 46.2 Å². The van der Waals surface area contributed by atoms with Crippen molar-refractivity contribution in [3.05, 3.63) is 0 Å². The molecule has 0 aromatic heterocycles. The van der Waals surface area contributed by atoms with E-state index in [-0.39, 0.29) is 5.75 Å². The van der Waals surface area contributed by atoms with Crippen LogP contribution in [0.2, 0.25) is 0 Å². The van der Waals surface area contributed by atoms with Crippen LogP contribution in [0.4, 0.5) is 4.48 Å². The zero-order valence-corrected chi connectivity index (χ0v) is 7.45. The number of sulfonamides is 1. The van der Waals surface area contributed by atoms with Crippen molar-refractivity contribution in [1.29, 1.82) is 0 Å². The molecule has 0 aromatic carbocycles. The third-order valence-corrected chi connectivity index (χ3v) is 2.45. The minimum absolute atomic E-state index is 0.108. The lowest BCUT2D eigenvalue weighted by Crippen LogP contribution is -2.18. The largest absolute Gasteiger partial charge is 0.237 e. The van der Waals surface area contributed by atoms with Crippen LogP contribution in [-0.4, -0.2) is 14.2 Å². The van der Waals surface area contributed by atoms with Crippen molar-refractivity contribution >= 4 is 10.0 Å². The van der Waals surface area contributed by atoms with Gasteiger partial charge in [0.2, 0.25) is 10.0 Å². The van der Waals surface area contributed by atoms with Crippen LogP contribution in [0.15, 0.2) is 0 Å². The zero-order chi connectivity index (χ0) is 8.74. The molecule has 0 fully saturated rings. The maximum atomic E-state index is 11.4. The lowest BCUT2D eigenvalue weighted by molar-refractivity contribution is 0.424. The summed E-state index contributed by atoms with van der Waals surface area (Å²) in [6.07, 6.45) is 3.43. The van der Waals surface area contributed by atoms with Crippen LogP contribution in [0, 0.1) is 0 Å². The first-order valence-electron chi connectivity index (χ1n) is 3.72. The molecule has 0 heterocycles. The first-order valence-corrected chi connectivity index (χ1v) is 5.37. The van der Waals surface area contributed by atoms with Crippen molar-refractivity contribution in [2.75, 3.05) is 5.75 Å². The van der Waals surface area contributed by atoms with Gasteiger partial charge in [0.1, 0.15) is 0 Å². The van der Waals surface area contributed by atoms with Gasteiger partial charge in [0.05, 0.1) is 5.75 Å². The second-order valence-electron chi connectivity index (χ2n) is 2.46.